The standard InChI is InChI=1S/C16H24FN3O2S.HI/c1-3-23(21,22)11-10-19-15(18-2)20-12-16(8-9-16)13-6-4-5-7-14(13)17;/h4-7H,3,8-12H2,1-2H3,(H2,18,19,20);1H. The second-order valence-electron chi connectivity index (χ2n) is 5.85. The third-order valence-electron chi connectivity index (χ3n) is 4.26. The van der Waals surface area contributed by atoms with Gasteiger partial charge in [0.15, 0.2) is 15.8 Å². The molecule has 0 aromatic heterocycles. The van der Waals surface area contributed by atoms with Gasteiger partial charge in [-0.25, -0.2) is 12.8 Å². The normalized spacial score (nSPS) is 16.2. The van der Waals surface area contributed by atoms with Crippen LogP contribution >= 0.6 is 24.0 Å². The molecule has 2 N–H and O–H groups in total. The van der Waals surface area contributed by atoms with Crippen molar-refractivity contribution >= 4 is 39.8 Å². The molecule has 0 aliphatic heterocycles. The number of rotatable bonds is 7. The Kier molecular flexibility index (Phi) is 7.91. The molecular weight excluding hydrogens is 444 g/mol. The summed E-state index contributed by atoms with van der Waals surface area (Å²) in [6, 6.07) is 6.85. The molecule has 0 bridgehead atoms. The Balaban J connectivity index is 0.00000288. The van der Waals surface area contributed by atoms with E-state index in [1.807, 2.05) is 12.1 Å². The van der Waals surface area contributed by atoms with Gasteiger partial charge in [0.1, 0.15) is 5.82 Å². The Morgan fingerprint density at radius 2 is 1.96 bits per heavy atom. The Bertz CT molecular complexity index is 676. The first-order valence-corrected chi connectivity index (χ1v) is 9.64. The van der Waals surface area contributed by atoms with Crippen molar-refractivity contribution in [2.24, 2.45) is 4.99 Å². The fourth-order valence-electron chi connectivity index (χ4n) is 2.53. The summed E-state index contributed by atoms with van der Waals surface area (Å²) in [4.78, 5) is 4.09. The van der Waals surface area contributed by atoms with Crippen LogP contribution < -0.4 is 10.6 Å². The molecule has 0 saturated heterocycles. The molecule has 0 heterocycles. The number of nitrogens with zero attached hydrogens (tertiary/aromatic N) is 1. The van der Waals surface area contributed by atoms with E-state index in [4.69, 9.17) is 0 Å². The summed E-state index contributed by atoms with van der Waals surface area (Å²) in [5, 5.41) is 6.17. The van der Waals surface area contributed by atoms with Crippen molar-refractivity contribution in [2.45, 2.75) is 25.2 Å². The van der Waals surface area contributed by atoms with Gasteiger partial charge >= 0.3 is 0 Å². The highest BCUT2D eigenvalue weighted by molar-refractivity contribution is 14.0. The van der Waals surface area contributed by atoms with E-state index in [-0.39, 0.29) is 46.7 Å². The highest BCUT2D eigenvalue weighted by Gasteiger charge is 2.45. The van der Waals surface area contributed by atoms with E-state index in [1.54, 1.807) is 20.0 Å². The first-order valence-electron chi connectivity index (χ1n) is 7.82. The zero-order valence-corrected chi connectivity index (χ0v) is 17.2. The van der Waals surface area contributed by atoms with Gasteiger partial charge in [0.25, 0.3) is 0 Å². The third kappa shape index (κ3) is 5.58. The molecule has 0 radical (unpaired) electrons. The van der Waals surface area contributed by atoms with Gasteiger partial charge in [-0.15, -0.1) is 24.0 Å². The first-order chi connectivity index (χ1) is 10.9. The van der Waals surface area contributed by atoms with Crippen molar-refractivity contribution in [3.8, 4) is 0 Å². The topological polar surface area (TPSA) is 70.6 Å². The molecule has 0 atom stereocenters. The van der Waals surface area contributed by atoms with Gasteiger partial charge < -0.3 is 10.6 Å². The summed E-state index contributed by atoms with van der Waals surface area (Å²) in [7, 11) is -1.37. The Morgan fingerprint density at radius 3 is 2.50 bits per heavy atom. The molecule has 24 heavy (non-hydrogen) atoms. The third-order valence-corrected chi connectivity index (χ3v) is 5.97. The van der Waals surface area contributed by atoms with Crippen molar-refractivity contribution in [1.29, 1.82) is 0 Å². The molecule has 1 aliphatic carbocycles. The number of hydrogen-bond donors (Lipinski definition) is 2. The maximum atomic E-state index is 14.0. The Morgan fingerprint density at radius 1 is 1.29 bits per heavy atom. The summed E-state index contributed by atoms with van der Waals surface area (Å²) in [6.45, 7) is 2.52. The molecule has 0 unspecified atom stereocenters. The fourth-order valence-corrected chi connectivity index (χ4v) is 3.23. The van der Waals surface area contributed by atoms with Crippen LogP contribution in [-0.4, -0.2) is 46.0 Å². The largest absolute Gasteiger partial charge is 0.356 e. The van der Waals surface area contributed by atoms with Crippen molar-refractivity contribution in [3.63, 3.8) is 0 Å². The predicted octanol–water partition coefficient (Wildman–Crippen LogP) is 2.08. The van der Waals surface area contributed by atoms with Gasteiger partial charge in [-0.1, -0.05) is 25.1 Å². The molecule has 5 nitrogen and oxygen atoms in total. The Hall–Kier alpha value is -0.900. The average molecular weight is 469 g/mol. The molecule has 1 aromatic rings. The zero-order chi connectivity index (χ0) is 16.9. The van der Waals surface area contributed by atoms with Crippen molar-refractivity contribution in [2.75, 3.05) is 31.6 Å². The molecule has 1 saturated carbocycles. The summed E-state index contributed by atoms with van der Waals surface area (Å²) in [6.07, 6.45) is 1.87. The van der Waals surface area contributed by atoms with Crippen molar-refractivity contribution < 1.29 is 12.8 Å². The number of aliphatic imine (C=N–C) groups is 1. The summed E-state index contributed by atoms with van der Waals surface area (Å²) < 4.78 is 36.9. The SMILES string of the molecule is CCS(=O)(=O)CCNC(=NC)NCC1(c2ccccc2F)CC1.I. The number of hydrogen-bond acceptors (Lipinski definition) is 3. The molecule has 136 valence electrons. The van der Waals surface area contributed by atoms with E-state index in [1.165, 1.54) is 6.07 Å². The Labute approximate surface area is 160 Å². The lowest BCUT2D eigenvalue weighted by Crippen LogP contribution is -2.43. The number of sulfone groups is 1. The quantitative estimate of drug-likeness (QED) is 0.365. The number of halogens is 2. The highest BCUT2D eigenvalue weighted by atomic mass is 127. The molecular formula is C16H25FIN3O2S. The van der Waals surface area contributed by atoms with Crippen LogP contribution in [0.2, 0.25) is 0 Å². The highest BCUT2D eigenvalue weighted by Crippen LogP contribution is 2.48. The molecule has 0 amide bonds. The van der Waals surface area contributed by atoms with Crippen LogP contribution in [0, 0.1) is 5.82 Å². The van der Waals surface area contributed by atoms with E-state index < -0.39 is 9.84 Å². The van der Waals surface area contributed by atoms with Crippen LogP contribution in [0.5, 0.6) is 0 Å². The lowest BCUT2D eigenvalue weighted by molar-refractivity contribution is 0.559. The predicted molar refractivity (Wildman–Crippen MR) is 106 cm³/mol. The van der Waals surface area contributed by atoms with Gasteiger partial charge in [0, 0.05) is 31.3 Å². The maximum Gasteiger partial charge on any atom is 0.191 e. The first kappa shape index (κ1) is 21.1. The van der Waals surface area contributed by atoms with Crippen LogP contribution in [-0.2, 0) is 15.3 Å². The van der Waals surface area contributed by atoms with Crippen LogP contribution in [0.25, 0.3) is 0 Å². The van der Waals surface area contributed by atoms with E-state index in [2.05, 4.69) is 15.6 Å². The summed E-state index contributed by atoms with van der Waals surface area (Å²) >= 11 is 0. The summed E-state index contributed by atoms with van der Waals surface area (Å²) in [5.41, 5.74) is 0.551. The van der Waals surface area contributed by atoms with Crippen molar-refractivity contribution in [3.05, 3.63) is 35.6 Å². The second kappa shape index (κ2) is 8.98. The van der Waals surface area contributed by atoms with Gasteiger partial charge in [0.05, 0.1) is 5.75 Å². The smallest absolute Gasteiger partial charge is 0.191 e. The van der Waals surface area contributed by atoms with Gasteiger partial charge in [-0.3, -0.25) is 4.99 Å². The fraction of sp³-hybridized carbons (Fsp3) is 0.562. The molecule has 1 aliphatic rings. The molecule has 0 spiro atoms. The van der Waals surface area contributed by atoms with E-state index in [9.17, 15) is 12.8 Å². The van der Waals surface area contributed by atoms with Gasteiger partial charge in [0.2, 0.25) is 0 Å². The summed E-state index contributed by atoms with van der Waals surface area (Å²) in [5.74, 6) is 0.572. The molecule has 1 fully saturated rings. The number of benzene rings is 1. The van der Waals surface area contributed by atoms with Crippen molar-refractivity contribution in [1.82, 2.24) is 10.6 Å². The van der Waals surface area contributed by atoms with Gasteiger partial charge in [-0.2, -0.15) is 0 Å². The van der Waals surface area contributed by atoms with E-state index >= 15 is 0 Å². The molecule has 2 rings (SSSR count). The minimum atomic E-state index is -3.00. The lowest BCUT2D eigenvalue weighted by atomic mass is 9.95. The maximum absolute atomic E-state index is 14.0. The zero-order valence-electron chi connectivity index (χ0n) is 14.0. The van der Waals surface area contributed by atoms with Gasteiger partial charge in [-0.05, 0) is 24.5 Å². The molecule has 1 aromatic carbocycles. The van der Waals surface area contributed by atoms with E-state index in [0.29, 0.717) is 19.0 Å². The van der Waals surface area contributed by atoms with Crippen LogP contribution in [0.4, 0.5) is 4.39 Å². The van der Waals surface area contributed by atoms with Crippen LogP contribution in [0.3, 0.4) is 0 Å². The molecule has 8 heteroatoms. The average Bonchev–Trinajstić information content (AvgIpc) is 3.32. The van der Waals surface area contributed by atoms with Crippen LogP contribution in [0.15, 0.2) is 29.3 Å². The number of guanidine groups is 1. The number of nitrogens with one attached hydrogen (secondary N) is 2. The minimum Gasteiger partial charge on any atom is -0.356 e. The van der Waals surface area contributed by atoms with E-state index in [0.717, 1.165) is 18.4 Å². The second-order valence-corrected chi connectivity index (χ2v) is 8.32. The van der Waals surface area contributed by atoms with Crippen LogP contribution in [0.1, 0.15) is 25.3 Å². The monoisotopic (exact) mass is 469 g/mol. The minimum absolute atomic E-state index is 0. The lowest BCUT2D eigenvalue weighted by Gasteiger charge is -2.19.